The fourth-order valence-electron chi connectivity index (χ4n) is 5.06. The number of benzene rings is 3. The second kappa shape index (κ2) is 12.6. The summed E-state index contributed by atoms with van der Waals surface area (Å²) in [5.41, 5.74) is 7.93. The van der Waals surface area contributed by atoms with E-state index in [-0.39, 0.29) is 17.8 Å². The molecule has 5 nitrogen and oxygen atoms in total. The Morgan fingerprint density at radius 1 is 0.684 bits per heavy atom. The molecule has 38 heavy (non-hydrogen) atoms. The quantitative estimate of drug-likeness (QED) is 0.393. The fourth-order valence-corrected chi connectivity index (χ4v) is 5.06. The summed E-state index contributed by atoms with van der Waals surface area (Å²) in [6, 6.07) is 19.5. The van der Waals surface area contributed by atoms with Crippen molar-refractivity contribution in [1.82, 2.24) is 0 Å². The Labute approximate surface area is 233 Å². The fraction of sp³-hybridized carbons (Fsp3) is 0.406. The monoisotopic (exact) mass is 537 g/mol. The highest BCUT2D eigenvalue weighted by atomic mass is 35.5. The van der Waals surface area contributed by atoms with Gasteiger partial charge in [-0.1, -0.05) is 45.0 Å². The van der Waals surface area contributed by atoms with E-state index in [2.05, 4.69) is 73.9 Å². The summed E-state index contributed by atoms with van der Waals surface area (Å²) in [4.78, 5) is 0. The molecule has 0 saturated carbocycles. The SMILES string of the molecule is COc1ccc(C[N+]2=C(CCc3ccc(C(C)(C)C)cc3)c3cc(OC)c(OC)cc3CC2)cc1OC.[Cl-]. The average Bonchev–Trinajstić information content (AvgIpc) is 2.91. The second-order valence-corrected chi connectivity index (χ2v) is 10.6. The molecule has 0 amide bonds. The van der Waals surface area contributed by atoms with E-state index in [1.807, 2.05) is 6.07 Å². The highest BCUT2D eigenvalue weighted by Gasteiger charge is 2.28. The zero-order chi connectivity index (χ0) is 26.6. The number of ether oxygens (including phenoxy) is 4. The molecule has 0 spiro atoms. The molecule has 4 rings (SSSR count). The van der Waals surface area contributed by atoms with Gasteiger partial charge in [-0.25, -0.2) is 4.58 Å². The van der Waals surface area contributed by atoms with E-state index in [9.17, 15) is 0 Å². The molecule has 0 saturated heterocycles. The lowest BCUT2D eigenvalue weighted by molar-refractivity contribution is -0.545. The van der Waals surface area contributed by atoms with Crippen molar-refractivity contribution in [2.45, 2.75) is 52.0 Å². The minimum Gasteiger partial charge on any atom is -1.00 e. The predicted molar refractivity (Wildman–Crippen MR) is 149 cm³/mol. The molecule has 204 valence electrons. The van der Waals surface area contributed by atoms with Gasteiger partial charge in [-0.2, -0.15) is 0 Å². The lowest BCUT2D eigenvalue weighted by Gasteiger charge is -2.22. The molecular formula is C32H40ClNO4. The van der Waals surface area contributed by atoms with Crippen LogP contribution in [0.1, 0.15) is 55.0 Å². The lowest BCUT2D eigenvalue weighted by atomic mass is 9.86. The van der Waals surface area contributed by atoms with Crippen LogP contribution in [0.2, 0.25) is 0 Å². The molecule has 0 aliphatic carbocycles. The molecule has 1 aliphatic rings. The second-order valence-electron chi connectivity index (χ2n) is 10.6. The molecule has 0 aromatic heterocycles. The van der Waals surface area contributed by atoms with Crippen LogP contribution < -0.4 is 31.4 Å². The van der Waals surface area contributed by atoms with Gasteiger partial charge in [0.25, 0.3) is 0 Å². The summed E-state index contributed by atoms with van der Waals surface area (Å²) in [5, 5.41) is 0. The topological polar surface area (TPSA) is 39.9 Å². The number of methoxy groups -OCH3 is 4. The van der Waals surface area contributed by atoms with Gasteiger partial charge in [0.2, 0.25) is 0 Å². The minimum atomic E-state index is 0. The summed E-state index contributed by atoms with van der Waals surface area (Å²) in [6.07, 6.45) is 2.85. The van der Waals surface area contributed by atoms with Crippen molar-refractivity contribution in [2.24, 2.45) is 0 Å². The van der Waals surface area contributed by atoms with Gasteiger partial charge in [0, 0.05) is 24.0 Å². The molecule has 3 aromatic rings. The van der Waals surface area contributed by atoms with Gasteiger partial charge in [-0.3, -0.25) is 0 Å². The Hall–Kier alpha value is -3.18. The van der Waals surface area contributed by atoms with E-state index in [4.69, 9.17) is 18.9 Å². The normalized spacial score (nSPS) is 12.9. The van der Waals surface area contributed by atoms with Crippen LogP contribution in [0.15, 0.2) is 54.6 Å². The number of nitrogens with zero attached hydrogens (tertiary/aromatic N) is 1. The molecule has 0 N–H and O–H groups in total. The summed E-state index contributed by atoms with van der Waals surface area (Å²) < 4.78 is 24.8. The Kier molecular flexibility index (Phi) is 9.72. The third kappa shape index (κ3) is 6.44. The van der Waals surface area contributed by atoms with E-state index >= 15 is 0 Å². The largest absolute Gasteiger partial charge is 1.00 e. The number of fused-ring (bicyclic) bond motifs is 1. The van der Waals surface area contributed by atoms with Crippen molar-refractivity contribution >= 4 is 5.71 Å². The highest BCUT2D eigenvalue weighted by Crippen LogP contribution is 2.34. The number of aryl methyl sites for hydroxylation is 1. The summed E-state index contributed by atoms with van der Waals surface area (Å²) >= 11 is 0. The van der Waals surface area contributed by atoms with Crippen LogP contribution in [0.4, 0.5) is 0 Å². The molecule has 1 aliphatic heterocycles. The number of halogens is 1. The first-order valence-corrected chi connectivity index (χ1v) is 12.9. The van der Waals surface area contributed by atoms with Crippen LogP contribution >= 0.6 is 0 Å². The number of rotatable bonds is 9. The zero-order valence-electron chi connectivity index (χ0n) is 23.7. The first-order valence-electron chi connectivity index (χ1n) is 12.9. The van der Waals surface area contributed by atoms with Crippen molar-refractivity contribution in [2.75, 3.05) is 35.0 Å². The Morgan fingerprint density at radius 3 is 1.87 bits per heavy atom. The third-order valence-corrected chi connectivity index (χ3v) is 7.24. The maximum Gasteiger partial charge on any atom is 0.184 e. The van der Waals surface area contributed by atoms with Gasteiger partial charge in [-0.05, 0) is 58.9 Å². The van der Waals surface area contributed by atoms with E-state index in [0.717, 1.165) is 55.4 Å². The Balaban J connectivity index is 0.00000400. The van der Waals surface area contributed by atoms with Crippen molar-refractivity contribution < 1.29 is 35.9 Å². The molecule has 0 bridgehead atoms. The smallest absolute Gasteiger partial charge is 0.184 e. The van der Waals surface area contributed by atoms with Crippen LogP contribution in [-0.4, -0.2) is 45.3 Å². The van der Waals surface area contributed by atoms with Crippen molar-refractivity contribution in [3.05, 3.63) is 82.4 Å². The first kappa shape index (κ1) is 29.4. The Bertz CT molecular complexity index is 1280. The maximum absolute atomic E-state index is 5.68. The molecule has 0 atom stereocenters. The molecule has 6 heteroatoms. The van der Waals surface area contributed by atoms with Gasteiger partial charge >= 0.3 is 0 Å². The molecule has 1 heterocycles. The maximum atomic E-state index is 5.68. The van der Waals surface area contributed by atoms with Crippen LogP contribution in [-0.2, 0) is 24.8 Å². The van der Waals surface area contributed by atoms with Crippen LogP contribution in [0, 0.1) is 0 Å². The standard InChI is InChI=1S/C32H40NO4.ClH/c1-32(2,3)25-12-8-22(9-13-25)10-14-27-26-20-31(37-7)30(36-6)19-24(26)16-17-33(27)21-23-11-15-28(34-4)29(18-23)35-5;/h8-9,11-13,15,18-20H,10,14,16-17,21H2,1-7H3;1H/q+1;/p-1. The van der Waals surface area contributed by atoms with Gasteiger partial charge < -0.3 is 31.4 Å². The summed E-state index contributed by atoms with van der Waals surface area (Å²) in [6.45, 7) is 8.50. The molecule has 3 aromatic carbocycles. The van der Waals surface area contributed by atoms with Crippen LogP contribution in [0.25, 0.3) is 0 Å². The predicted octanol–water partition coefficient (Wildman–Crippen LogP) is 3.21. The third-order valence-electron chi connectivity index (χ3n) is 7.24. The highest BCUT2D eigenvalue weighted by molar-refractivity contribution is 5.99. The van der Waals surface area contributed by atoms with Gasteiger partial charge in [-0.15, -0.1) is 0 Å². The van der Waals surface area contributed by atoms with Gasteiger partial charge in [0.05, 0.1) is 28.4 Å². The van der Waals surface area contributed by atoms with Crippen LogP contribution in [0.5, 0.6) is 23.0 Å². The number of hydrogen-bond acceptors (Lipinski definition) is 4. The summed E-state index contributed by atoms with van der Waals surface area (Å²) in [5.74, 6) is 3.05. The van der Waals surface area contributed by atoms with Gasteiger partial charge in [0.1, 0.15) is 6.54 Å². The van der Waals surface area contributed by atoms with Crippen molar-refractivity contribution in [3.63, 3.8) is 0 Å². The van der Waals surface area contributed by atoms with E-state index < -0.39 is 0 Å². The van der Waals surface area contributed by atoms with E-state index in [1.165, 1.54) is 33.5 Å². The van der Waals surface area contributed by atoms with Crippen LogP contribution in [0.3, 0.4) is 0 Å². The molecule has 0 unspecified atom stereocenters. The minimum absolute atomic E-state index is 0. The first-order chi connectivity index (χ1) is 17.8. The molecule has 0 radical (unpaired) electrons. The van der Waals surface area contributed by atoms with Crippen molar-refractivity contribution in [1.29, 1.82) is 0 Å². The lowest BCUT2D eigenvalue weighted by Crippen LogP contribution is -3.00. The van der Waals surface area contributed by atoms with Gasteiger partial charge in [0.15, 0.2) is 35.3 Å². The molecular weight excluding hydrogens is 498 g/mol. The van der Waals surface area contributed by atoms with E-state index in [1.54, 1.807) is 28.4 Å². The Morgan fingerprint density at radius 2 is 1.26 bits per heavy atom. The average molecular weight is 538 g/mol. The zero-order valence-corrected chi connectivity index (χ0v) is 24.4. The number of hydrogen-bond donors (Lipinski definition) is 0. The summed E-state index contributed by atoms with van der Waals surface area (Å²) in [7, 11) is 6.74. The molecule has 0 fully saturated rings. The van der Waals surface area contributed by atoms with Crippen molar-refractivity contribution in [3.8, 4) is 23.0 Å². The van der Waals surface area contributed by atoms with E-state index in [0.29, 0.717) is 0 Å².